The van der Waals surface area contributed by atoms with Crippen LogP contribution >= 0.6 is 0 Å². The Morgan fingerprint density at radius 1 is 0.657 bits per heavy atom. The first-order valence-electron chi connectivity index (χ1n) is 10.7. The molecule has 35 heavy (non-hydrogen) atoms. The van der Waals surface area contributed by atoms with E-state index in [4.69, 9.17) is 9.47 Å². The second-order valence-corrected chi connectivity index (χ2v) is 7.95. The van der Waals surface area contributed by atoms with E-state index in [9.17, 15) is 19.2 Å². The lowest BCUT2D eigenvalue weighted by Gasteiger charge is -2.26. The molecule has 184 valence electrons. The average molecular weight is 481 g/mol. The second-order valence-electron chi connectivity index (χ2n) is 7.95. The monoisotopic (exact) mass is 480 g/mol. The molecular formula is C27H28O8. The standard InChI is InChI=1S/C27H28O8/c1-5-25(30)34-17-21(28)15-32-23-11-7-19(8-12-23)27(3,4)20-9-13-24(14-10-20)33-16-22(29)18-35-26(31)6-2/h5-14H,1-2,15-18H2,3-4H3. The molecule has 0 radical (unpaired) electrons. The van der Waals surface area contributed by atoms with Gasteiger partial charge >= 0.3 is 11.9 Å². The molecular weight excluding hydrogens is 452 g/mol. The molecule has 0 aromatic heterocycles. The van der Waals surface area contributed by atoms with Crippen molar-refractivity contribution in [3.63, 3.8) is 0 Å². The summed E-state index contributed by atoms with van der Waals surface area (Å²) in [5, 5.41) is 0. The number of ether oxygens (including phenoxy) is 4. The number of benzene rings is 2. The highest BCUT2D eigenvalue weighted by Crippen LogP contribution is 2.33. The van der Waals surface area contributed by atoms with Gasteiger partial charge in [0.2, 0.25) is 11.6 Å². The minimum absolute atomic E-state index is 0.214. The summed E-state index contributed by atoms with van der Waals surface area (Å²) < 4.78 is 20.3. The summed E-state index contributed by atoms with van der Waals surface area (Å²) in [6, 6.07) is 14.7. The first-order chi connectivity index (χ1) is 16.6. The van der Waals surface area contributed by atoms with Gasteiger partial charge in [-0.1, -0.05) is 51.3 Å². The van der Waals surface area contributed by atoms with Gasteiger partial charge < -0.3 is 18.9 Å². The molecule has 0 aliphatic heterocycles. The summed E-state index contributed by atoms with van der Waals surface area (Å²) in [6.45, 7) is 9.49. The van der Waals surface area contributed by atoms with Crippen molar-refractivity contribution < 1.29 is 38.1 Å². The van der Waals surface area contributed by atoms with Crippen LogP contribution in [0.25, 0.3) is 0 Å². The van der Waals surface area contributed by atoms with Crippen molar-refractivity contribution in [3.05, 3.63) is 85.0 Å². The van der Waals surface area contributed by atoms with Crippen molar-refractivity contribution in [2.75, 3.05) is 26.4 Å². The maximum Gasteiger partial charge on any atom is 0.330 e. The molecule has 0 amide bonds. The highest BCUT2D eigenvalue weighted by atomic mass is 16.5. The molecule has 0 bridgehead atoms. The Labute approximate surface area is 204 Å². The highest BCUT2D eigenvalue weighted by Gasteiger charge is 2.23. The zero-order valence-corrected chi connectivity index (χ0v) is 19.8. The van der Waals surface area contributed by atoms with E-state index in [2.05, 4.69) is 36.5 Å². The van der Waals surface area contributed by atoms with Crippen LogP contribution in [-0.4, -0.2) is 49.9 Å². The lowest BCUT2D eigenvalue weighted by molar-refractivity contribution is -0.143. The smallest absolute Gasteiger partial charge is 0.330 e. The summed E-state index contributed by atoms with van der Waals surface area (Å²) in [4.78, 5) is 45.5. The van der Waals surface area contributed by atoms with Crippen molar-refractivity contribution in [1.29, 1.82) is 0 Å². The molecule has 0 unspecified atom stereocenters. The van der Waals surface area contributed by atoms with E-state index >= 15 is 0 Å². The van der Waals surface area contributed by atoms with Gasteiger partial charge in [-0.3, -0.25) is 9.59 Å². The summed E-state index contributed by atoms with van der Waals surface area (Å²) in [5.41, 5.74) is 1.69. The van der Waals surface area contributed by atoms with Crippen LogP contribution in [0.4, 0.5) is 0 Å². The van der Waals surface area contributed by atoms with Crippen LogP contribution in [0, 0.1) is 0 Å². The number of ketones is 2. The molecule has 8 nitrogen and oxygen atoms in total. The summed E-state index contributed by atoms with van der Waals surface area (Å²) in [5.74, 6) is -1.04. The maximum atomic E-state index is 11.7. The highest BCUT2D eigenvalue weighted by molar-refractivity contribution is 5.87. The molecule has 0 fully saturated rings. The Morgan fingerprint density at radius 3 is 1.31 bits per heavy atom. The molecule has 0 saturated carbocycles. The van der Waals surface area contributed by atoms with Crippen molar-refractivity contribution >= 4 is 23.5 Å². The fraction of sp³-hybridized carbons (Fsp3) is 0.259. The van der Waals surface area contributed by atoms with Gasteiger partial charge in [-0.2, -0.15) is 0 Å². The SMILES string of the molecule is C=CC(=O)OCC(=O)COc1ccc(C(C)(C)c2ccc(OCC(=O)COC(=O)C=C)cc2)cc1. The predicted molar refractivity (Wildman–Crippen MR) is 128 cm³/mol. The summed E-state index contributed by atoms with van der Waals surface area (Å²) in [6.07, 6.45) is 1.98. The van der Waals surface area contributed by atoms with Gasteiger partial charge in [-0.05, 0) is 35.4 Å². The van der Waals surface area contributed by atoms with Gasteiger partial charge in [0, 0.05) is 17.6 Å². The van der Waals surface area contributed by atoms with Crippen LogP contribution in [0.1, 0.15) is 25.0 Å². The Balaban J connectivity index is 1.90. The number of hydrogen-bond donors (Lipinski definition) is 0. The van der Waals surface area contributed by atoms with Crippen LogP contribution < -0.4 is 9.47 Å². The molecule has 0 aliphatic carbocycles. The number of Topliss-reactive ketones (excluding diaryl/α,β-unsaturated/α-hetero) is 2. The number of esters is 2. The van der Waals surface area contributed by atoms with Crippen molar-refractivity contribution in [1.82, 2.24) is 0 Å². The minimum Gasteiger partial charge on any atom is -0.486 e. The average Bonchev–Trinajstić information content (AvgIpc) is 2.88. The van der Waals surface area contributed by atoms with Gasteiger partial charge in [-0.25, -0.2) is 9.59 Å². The van der Waals surface area contributed by atoms with E-state index < -0.39 is 11.9 Å². The number of carbonyl (C=O) groups excluding carboxylic acids is 4. The van der Waals surface area contributed by atoms with E-state index in [0.717, 1.165) is 23.3 Å². The van der Waals surface area contributed by atoms with Gasteiger partial charge in [0.1, 0.15) is 24.7 Å². The molecule has 0 N–H and O–H groups in total. The van der Waals surface area contributed by atoms with E-state index in [0.29, 0.717) is 11.5 Å². The molecule has 0 aliphatic rings. The quantitative estimate of drug-likeness (QED) is 0.299. The third-order valence-corrected chi connectivity index (χ3v) is 5.04. The Hall–Kier alpha value is -4.20. The fourth-order valence-electron chi connectivity index (χ4n) is 2.93. The third kappa shape index (κ3) is 8.58. The first-order valence-corrected chi connectivity index (χ1v) is 10.7. The van der Waals surface area contributed by atoms with Crippen LogP contribution in [0.5, 0.6) is 11.5 Å². The van der Waals surface area contributed by atoms with E-state index in [1.165, 1.54) is 0 Å². The lowest BCUT2D eigenvalue weighted by atomic mass is 9.78. The number of hydrogen-bond acceptors (Lipinski definition) is 8. The molecule has 0 saturated heterocycles. The van der Waals surface area contributed by atoms with Gasteiger partial charge in [0.05, 0.1) is 0 Å². The van der Waals surface area contributed by atoms with E-state index in [1.807, 2.05) is 24.3 Å². The van der Waals surface area contributed by atoms with Crippen molar-refractivity contribution in [3.8, 4) is 11.5 Å². The summed E-state index contributed by atoms with van der Waals surface area (Å²) in [7, 11) is 0. The Bertz CT molecular complexity index is 980. The predicted octanol–water partition coefficient (Wildman–Crippen LogP) is 3.37. The normalized spacial score (nSPS) is 10.6. The third-order valence-electron chi connectivity index (χ3n) is 5.04. The van der Waals surface area contributed by atoms with Crippen LogP contribution in [0.2, 0.25) is 0 Å². The zero-order chi connectivity index (χ0) is 25.8. The topological polar surface area (TPSA) is 105 Å². The molecule has 8 heteroatoms. The van der Waals surface area contributed by atoms with Crippen molar-refractivity contribution in [2.45, 2.75) is 19.3 Å². The van der Waals surface area contributed by atoms with E-state index in [1.54, 1.807) is 24.3 Å². The Morgan fingerprint density at radius 2 is 1.00 bits per heavy atom. The lowest BCUT2D eigenvalue weighted by Crippen LogP contribution is -2.20. The fourth-order valence-corrected chi connectivity index (χ4v) is 2.93. The van der Waals surface area contributed by atoms with Crippen LogP contribution in [0.15, 0.2) is 73.8 Å². The second kappa shape index (κ2) is 12.9. The van der Waals surface area contributed by atoms with Crippen LogP contribution in [-0.2, 0) is 34.1 Å². The summed E-state index contributed by atoms with van der Waals surface area (Å²) >= 11 is 0. The van der Waals surface area contributed by atoms with E-state index in [-0.39, 0.29) is 43.4 Å². The molecule has 0 heterocycles. The molecule has 2 rings (SSSR count). The Kier molecular flexibility index (Phi) is 9.96. The van der Waals surface area contributed by atoms with Gasteiger partial charge in [0.25, 0.3) is 0 Å². The van der Waals surface area contributed by atoms with Crippen molar-refractivity contribution in [2.24, 2.45) is 0 Å². The minimum atomic E-state index is -0.662. The molecule has 2 aromatic carbocycles. The van der Waals surface area contributed by atoms with Crippen LogP contribution in [0.3, 0.4) is 0 Å². The first kappa shape index (κ1) is 27.0. The van der Waals surface area contributed by atoms with Gasteiger partial charge in [-0.15, -0.1) is 0 Å². The number of rotatable bonds is 14. The van der Waals surface area contributed by atoms with Gasteiger partial charge in [0.15, 0.2) is 13.2 Å². The molecule has 0 spiro atoms. The largest absolute Gasteiger partial charge is 0.486 e. The number of carbonyl (C=O) groups is 4. The molecule has 0 atom stereocenters. The zero-order valence-electron chi connectivity index (χ0n) is 19.8. The molecule has 2 aromatic rings. The maximum absolute atomic E-state index is 11.7.